The molecular formula is C27H39N5O4. The highest BCUT2D eigenvalue weighted by atomic mass is 16.2. The van der Waals surface area contributed by atoms with E-state index in [2.05, 4.69) is 22.6 Å². The fourth-order valence-corrected chi connectivity index (χ4v) is 5.89. The Balaban J connectivity index is 1.46. The van der Waals surface area contributed by atoms with Crippen molar-refractivity contribution in [3.8, 4) is 0 Å². The van der Waals surface area contributed by atoms with Crippen LogP contribution in [0.3, 0.4) is 0 Å². The first kappa shape index (κ1) is 26.1. The van der Waals surface area contributed by atoms with Gasteiger partial charge in [0.15, 0.2) is 0 Å². The van der Waals surface area contributed by atoms with Gasteiger partial charge in [0.25, 0.3) is 5.91 Å². The number of carbonyl (C=O) groups is 4. The molecule has 9 heteroatoms. The van der Waals surface area contributed by atoms with Crippen molar-refractivity contribution in [2.75, 3.05) is 53.4 Å². The molecule has 0 aliphatic carbocycles. The van der Waals surface area contributed by atoms with Crippen molar-refractivity contribution in [3.63, 3.8) is 0 Å². The van der Waals surface area contributed by atoms with E-state index in [1.165, 1.54) is 4.90 Å². The highest BCUT2D eigenvalue weighted by Crippen LogP contribution is 2.30. The number of likely N-dealkylation sites (tertiary alicyclic amines) is 2. The van der Waals surface area contributed by atoms with Gasteiger partial charge in [-0.2, -0.15) is 0 Å². The Morgan fingerprint density at radius 2 is 1.67 bits per heavy atom. The second-order valence-corrected chi connectivity index (χ2v) is 10.8. The lowest BCUT2D eigenvalue weighted by Crippen LogP contribution is -2.59. The van der Waals surface area contributed by atoms with E-state index in [9.17, 15) is 19.2 Å². The molecule has 3 aliphatic rings. The van der Waals surface area contributed by atoms with Gasteiger partial charge >= 0.3 is 0 Å². The van der Waals surface area contributed by atoms with Gasteiger partial charge in [-0.3, -0.25) is 19.2 Å². The fourth-order valence-electron chi connectivity index (χ4n) is 5.89. The minimum atomic E-state index is -0.740. The Bertz CT molecular complexity index is 960. The van der Waals surface area contributed by atoms with Gasteiger partial charge in [0.1, 0.15) is 0 Å². The third kappa shape index (κ3) is 6.43. The van der Waals surface area contributed by atoms with Crippen molar-refractivity contribution >= 4 is 23.6 Å². The molecule has 3 aliphatic heterocycles. The molecule has 0 unspecified atom stereocenters. The average molecular weight is 498 g/mol. The molecule has 0 saturated carbocycles. The predicted octanol–water partition coefficient (Wildman–Crippen LogP) is 1.10. The van der Waals surface area contributed by atoms with Gasteiger partial charge in [-0.05, 0) is 63.2 Å². The van der Waals surface area contributed by atoms with Crippen LogP contribution in [-0.4, -0.2) is 97.2 Å². The molecule has 36 heavy (non-hydrogen) atoms. The summed E-state index contributed by atoms with van der Waals surface area (Å²) in [6.45, 7) is 3.29. The summed E-state index contributed by atoms with van der Waals surface area (Å²) in [7, 11) is 3.77. The van der Waals surface area contributed by atoms with Gasteiger partial charge in [-0.15, -0.1) is 0 Å². The van der Waals surface area contributed by atoms with Crippen molar-refractivity contribution in [1.82, 2.24) is 25.3 Å². The van der Waals surface area contributed by atoms with Crippen LogP contribution in [-0.2, 0) is 14.4 Å². The van der Waals surface area contributed by atoms with E-state index in [1.807, 2.05) is 18.2 Å². The van der Waals surface area contributed by atoms with E-state index in [0.717, 1.165) is 25.9 Å². The Hall–Kier alpha value is -2.94. The number of nitrogens with zero attached hydrogens (tertiary/aromatic N) is 3. The van der Waals surface area contributed by atoms with Crippen LogP contribution >= 0.6 is 0 Å². The molecule has 0 aromatic heterocycles. The average Bonchev–Trinajstić information content (AvgIpc) is 2.85. The quantitative estimate of drug-likeness (QED) is 0.605. The van der Waals surface area contributed by atoms with Crippen LogP contribution in [0, 0.1) is 11.8 Å². The molecular weight excluding hydrogens is 458 g/mol. The molecule has 0 radical (unpaired) electrons. The summed E-state index contributed by atoms with van der Waals surface area (Å²) in [5.74, 6) is 0.192. The zero-order valence-electron chi connectivity index (χ0n) is 21.5. The Morgan fingerprint density at radius 3 is 2.39 bits per heavy atom. The maximum Gasteiger partial charge on any atom is 0.253 e. The van der Waals surface area contributed by atoms with Crippen LogP contribution in [0.4, 0.5) is 0 Å². The summed E-state index contributed by atoms with van der Waals surface area (Å²) in [5.41, 5.74) is -0.107. The maximum atomic E-state index is 13.0. The number of hydrogen-bond acceptors (Lipinski definition) is 5. The van der Waals surface area contributed by atoms with Crippen LogP contribution in [0.25, 0.3) is 0 Å². The van der Waals surface area contributed by atoms with E-state index in [1.54, 1.807) is 24.1 Å². The standard InChI is InChI=1S/C27H39N5O4/c1-30-13-9-21-16-25(35)31(2)19-24(34)29-27(17-23(33)28-12-8-22(21)18-30)10-14-32(15-11-27)26(36)20-6-4-3-5-7-20/h3-7,21-22H,8-19H2,1-2H3,(H,28,33)(H,29,34)/t21-,22-/m0/s1. The van der Waals surface area contributed by atoms with Crippen LogP contribution < -0.4 is 10.6 Å². The van der Waals surface area contributed by atoms with Crippen molar-refractivity contribution in [2.45, 2.75) is 44.1 Å². The van der Waals surface area contributed by atoms with Crippen molar-refractivity contribution in [3.05, 3.63) is 35.9 Å². The molecule has 0 bridgehead atoms. The topological polar surface area (TPSA) is 102 Å². The van der Waals surface area contributed by atoms with Gasteiger partial charge in [0, 0.05) is 51.6 Å². The van der Waals surface area contributed by atoms with Gasteiger partial charge in [-0.1, -0.05) is 18.2 Å². The Labute approximate surface area is 213 Å². The fraction of sp³-hybridized carbons (Fsp3) is 0.630. The molecule has 1 spiro atoms. The molecule has 4 rings (SSSR count). The first-order valence-corrected chi connectivity index (χ1v) is 13.1. The number of rotatable bonds is 1. The van der Waals surface area contributed by atoms with E-state index < -0.39 is 5.54 Å². The predicted molar refractivity (Wildman–Crippen MR) is 136 cm³/mol. The number of fused-ring (bicyclic) bond motifs is 1. The number of amides is 4. The molecule has 3 saturated heterocycles. The van der Waals surface area contributed by atoms with Gasteiger partial charge < -0.3 is 25.3 Å². The van der Waals surface area contributed by atoms with Crippen LogP contribution in [0.1, 0.15) is 48.9 Å². The Morgan fingerprint density at radius 1 is 0.944 bits per heavy atom. The highest BCUT2D eigenvalue weighted by molar-refractivity contribution is 5.94. The summed E-state index contributed by atoms with van der Waals surface area (Å²) in [4.78, 5) is 57.5. The first-order valence-electron chi connectivity index (χ1n) is 13.1. The third-order valence-electron chi connectivity index (χ3n) is 8.11. The van der Waals surface area contributed by atoms with E-state index in [4.69, 9.17) is 0 Å². The minimum Gasteiger partial charge on any atom is -0.356 e. The normalized spacial score (nSPS) is 26.6. The van der Waals surface area contributed by atoms with E-state index in [-0.39, 0.29) is 42.5 Å². The lowest BCUT2D eigenvalue weighted by molar-refractivity contribution is -0.137. The molecule has 196 valence electrons. The number of carbonyl (C=O) groups excluding carboxylic acids is 4. The van der Waals surface area contributed by atoms with E-state index >= 15 is 0 Å². The number of hydrogen-bond donors (Lipinski definition) is 2. The monoisotopic (exact) mass is 497 g/mol. The van der Waals surface area contributed by atoms with Crippen molar-refractivity contribution in [2.24, 2.45) is 11.8 Å². The summed E-state index contributed by atoms with van der Waals surface area (Å²) in [5, 5.41) is 6.16. The number of likely N-dealkylation sites (N-methyl/N-ethyl adjacent to an activating group) is 1. The van der Waals surface area contributed by atoms with Gasteiger partial charge in [-0.25, -0.2) is 0 Å². The van der Waals surface area contributed by atoms with Crippen LogP contribution in [0.5, 0.6) is 0 Å². The third-order valence-corrected chi connectivity index (χ3v) is 8.11. The summed E-state index contributed by atoms with van der Waals surface area (Å²) < 4.78 is 0. The molecule has 3 heterocycles. The van der Waals surface area contributed by atoms with Crippen LogP contribution in [0.2, 0.25) is 0 Å². The highest BCUT2D eigenvalue weighted by Gasteiger charge is 2.40. The molecule has 2 atom stereocenters. The number of piperidine rings is 2. The summed E-state index contributed by atoms with van der Waals surface area (Å²) in [6, 6.07) is 9.15. The molecule has 9 nitrogen and oxygen atoms in total. The molecule has 1 aromatic rings. The summed E-state index contributed by atoms with van der Waals surface area (Å²) >= 11 is 0. The number of nitrogens with one attached hydrogen (secondary N) is 2. The Kier molecular flexibility index (Phi) is 8.28. The second-order valence-electron chi connectivity index (χ2n) is 10.8. The van der Waals surface area contributed by atoms with Gasteiger partial charge in [0.05, 0.1) is 12.1 Å². The van der Waals surface area contributed by atoms with Crippen LogP contribution in [0.15, 0.2) is 30.3 Å². The minimum absolute atomic E-state index is 0.0110. The van der Waals surface area contributed by atoms with Crippen molar-refractivity contribution < 1.29 is 19.2 Å². The maximum absolute atomic E-state index is 13.0. The lowest BCUT2D eigenvalue weighted by atomic mass is 9.80. The largest absolute Gasteiger partial charge is 0.356 e. The zero-order valence-corrected chi connectivity index (χ0v) is 21.5. The van der Waals surface area contributed by atoms with E-state index in [0.29, 0.717) is 50.4 Å². The van der Waals surface area contributed by atoms with Gasteiger partial charge in [0.2, 0.25) is 17.7 Å². The molecule has 1 aromatic carbocycles. The molecule has 3 fully saturated rings. The second kappa shape index (κ2) is 11.4. The lowest BCUT2D eigenvalue weighted by Gasteiger charge is -2.42. The summed E-state index contributed by atoms with van der Waals surface area (Å²) in [6.07, 6.45) is 3.34. The zero-order chi connectivity index (χ0) is 25.7. The number of benzene rings is 1. The SMILES string of the molecule is CN1CC[C@H]2CC(=O)N(C)CC(=O)NC3(CCN(C(=O)c4ccccc4)CC3)CC(=O)NCC[C@H]2C1. The molecule has 2 N–H and O–H groups in total. The van der Waals surface area contributed by atoms with Crippen molar-refractivity contribution in [1.29, 1.82) is 0 Å². The first-order chi connectivity index (χ1) is 17.2. The smallest absolute Gasteiger partial charge is 0.253 e. The molecule has 4 amide bonds.